The topological polar surface area (TPSA) is 92.6 Å². The highest BCUT2D eigenvalue weighted by molar-refractivity contribution is 5.84. The Morgan fingerprint density at radius 2 is 1.96 bits per heavy atom. The van der Waals surface area contributed by atoms with Crippen molar-refractivity contribution in [2.45, 2.75) is 38.8 Å². The Balaban J connectivity index is 1.92. The predicted molar refractivity (Wildman–Crippen MR) is 99.9 cm³/mol. The monoisotopic (exact) mass is 361 g/mol. The zero-order valence-corrected chi connectivity index (χ0v) is 15.7. The molecule has 0 unspecified atom stereocenters. The van der Waals surface area contributed by atoms with Crippen LogP contribution in [0.15, 0.2) is 30.5 Å². The van der Waals surface area contributed by atoms with Crippen LogP contribution >= 0.6 is 0 Å². The summed E-state index contributed by atoms with van der Waals surface area (Å²) in [5, 5.41) is 15.8. The lowest BCUT2D eigenvalue weighted by Crippen LogP contribution is -2.45. The van der Waals surface area contributed by atoms with Crippen molar-refractivity contribution < 1.29 is 19.4 Å². The average Bonchev–Trinajstić information content (AvgIpc) is 2.87. The molecule has 0 aliphatic carbocycles. The minimum Gasteiger partial charge on any atom is -0.444 e. The maximum absolute atomic E-state index is 12.0. The van der Waals surface area contributed by atoms with Crippen LogP contribution in [-0.4, -0.2) is 46.5 Å². The first-order valence-electron chi connectivity index (χ1n) is 8.59. The molecule has 0 radical (unpaired) electrons. The Morgan fingerprint density at radius 3 is 2.62 bits per heavy atom. The molecule has 0 aliphatic rings. The highest BCUT2D eigenvalue weighted by atomic mass is 16.6. The van der Waals surface area contributed by atoms with Crippen molar-refractivity contribution in [2.75, 3.05) is 13.2 Å². The van der Waals surface area contributed by atoms with Crippen LogP contribution in [0.2, 0.25) is 0 Å². The first-order valence-corrected chi connectivity index (χ1v) is 8.59. The zero-order valence-electron chi connectivity index (χ0n) is 15.7. The summed E-state index contributed by atoms with van der Waals surface area (Å²) in [7, 11) is 1.96. The maximum Gasteiger partial charge on any atom is 0.408 e. The summed E-state index contributed by atoms with van der Waals surface area (Å²) in [6.07, 6.45) is 1.84. The third-order valence-electron chi connectivity index (χ3n) is 3.82. The van der Waals surface area contributed by atoms with Crippen LogP contribution in [0.25, 0.3) is 10.9 Å². The number of aryl methyl sites for hydroxylation is 1. The standard InChI is InChI=1S/C19H27N3O4/c1-19(2,3)26-18(25)20-10-17(24)21-14(12-23)9-13-11-22(4)16-8-6-5-7-15(13)16/h5-8,11,14,23H,9-10,12H2,1-4H3,(H,20,25)(H,21,24)/t14-/m0/s1. The van der Waals surface area contributed by atoms with Gasteiger partial charge >= 0.3 is 6.09 Å². The van der Waals surface area contributed by atoms with E-state index in [9.17, 15) is 14.7 Å². The van der Waals surface area contributed by atoms with Gasteiger partial charge in [0.25, 0.3) is 0 Å². The number of rotatable bonds is 6. The minimum absolute atomic E-state index is 0.193. The van der Waals surface area contributed by atoms with Crippen LogP contribution in [0.4, 0.5) is 4.79 Å². The summed E-state index contributed by atoms with van der Waals surface area (Å²) >= 11 is 0. The Bertz CT molecular complexity index is 777. The number of fused-ring (bicyclic) bond motifs is 1. The van der Waals surface area contributed by atoms with Crippen LogP contribution in [0.3, 0.4) is 0 Å². The smallest absolute Gasteiger partial charge is 0.408 e. The van der Waals surface area contributed by atoms with Crippen molar-refractivity contribution in [1.29, 1.82) is 0 Å². The predicted octanol–water partition coefficient (Wildman–Crippen LogP) is 1.72. The number of carbonyl (C=O) groups is 2. The van der Waals surface area contributed by atoms with Crippen LogP contribution < -0.4 is 10.6 Å². The van der Waals surface area contributed by atoms with Crippen LogP contribution in [0.1, 0.15) is 26.3 Å². The lowest BCUT2D eigenvalue weighted by Gasteiger charge is -2.20. The number of amides is 2. The SMILES string of the molecule is Cn1cc(C[C@@H](CO)NC(=O)CNC(=O)OC(C)(C)C)c2ccccc21. The second kappa shape index (κ2) is 8.23. The van der Waals surface area contributed by atoms with Crippen LogP contribution in [0, 0.1) is 0 Å². The molecule has 1 aromatic carbocycles. The molecule has 3 N–H and O–H groups in total. The van der Waals surface area contributed by atoms with E-state index >= 15 is 0 Å². The van der Waals surface area contributed by atoms with Gasteiger partial charge in [-0.2, -0.15) is 0 Å². The van der Waals surface area contributed by atoms with E-state index in [4.69, 9.17) is 4.74 Å². The molecule has 0 bridgehead atoms. The number of para-hydroxylation sites is 1. The van der Waals surface area contributed by atoms with E-state index in [-0.39, 0.29) is 19.1 Å². The van der Waals surface area contributed by atoms with Crippen LogP contribution in [0.5, 0.6) is 0 Å². The molecule has 1 aromatic heterocycles. The fourth-order valence-electron chi connectivity index (χ4n) is 2.76. The minimum atomic E-state index is -0.651. The number of aliphatic hydroxyl groups is 1. The van der Waals surface area contributed by atoms with Gasteiger partial charge in [-0.05, 0) is 38.8 Å². The molecule has 2 rings (SSSR count). The fourth-order valence-corrected chi connectivity index (χ4v) is 2.76. The van der Waals surface area contributed by atoms with E-state index in [1.165, 1.54) is 0 Å². The maximum atomic E-state index is 12.0. The molecule has 2 amide bonds. The van der Waals surface area contributed by atoms with Gasteiger partial charge in [-0.3, -0.25) is 4.79 Å². The Hall–Kier alpha value is -2.54. The number of carbonyl (C=O) groups excluding carboxylic acids is 2. The lowest BCUT2D eigenvalue weighted by atomic mass is 10.1. The van der Waals surface area contributed by atoms with Gasteiger partial charge in [-0.1, -0.05) is 18.2 Å². The number of hydrogen-bond acceptors (Lipinski definition) is 4. The Labute approximate surface area is 153 Å². The molecule has 142 valence electrons. The fraction of sp³-hybridized carbons (Fsp3) is 0.474. The summed E-state index contributed by atoms with van der Waals surface area (Å²) < 4.78 is 7.10. The van der Waals surface area contributed by atoms with E-state index in [2.05, 4.69) is 10.6 Å². The molecule has 2 aromatic rings. The van der Waals surface area contributed by atoms with Crippen molar-refractivity contribution in [3.05, 3.63) is 36.0 Å². The number of ether oxygens (including phenoxy) is 1. The number of aliphatic hydroxyl groups excluding tert-OH is 1. The molecular weight excluding hydrogens is 334 g/mol. The van der Waals surface area contributed by atoms with E-state index in [1.54, 1.807) is 20.8 Å². The van der Waals surface area contributed by atoms with Crippen molar-refractivity contribution in [3.8, 4) is 0 Å². The molecular formula is C19H27N3O4. The van der Waals surface area contributed by atoms with Crippen molar-refractivity contribution >= 4 is 22.9 Å². The highest BCUT2D eigenvalue weighted by Crippen LogP contribution is 2.21. The third-order valence-corrected chi connectivity index (χ3v) is 3.82. The third kappa shape index (κ3) is 5.49. The molecule has 0 saturated heterocycles. The van der Waals surface area contributed by atoms with Crippen LogP contribution in [-0.2, 0) is 23.0 Å². The van der Waals surface area contributed by atoms with Crippen molar-refractivity contribution in [2.24, 2.45) is 7.05 Å². The number of nitrogens with one attached hydrogen (secondary N) is 2. The number of nitrogens with zero attached hydrogens (tertiary/aromatic N) is 1. The largest absolute Gasteiger partial charge is 0.444 e. The second-order valence-electron chi connectivity index (χ2n) is 7.29. The first-order chi connectivity index (χ1) is 12.2. The first kappa shape index (κ1) is 19.8. The quantitative estimate of drug-likeness (QED) is 0.730. The normalized spacial score (nSPS) is 12.7. The molecule has 0 aliphatic heterocycles. The number of benzene rings is 1. The van der Waals surface area contributed by atoms with E-state index < -0.39 is 17.7 Å². The highest BCUT2D eigenvalue weighted by Gasteiger charge is 2.18. The van der Waals surface area contributed by atoms with Crippen molar-refractivity contribution in [1.82, 2.24) is 15.2 Å². The average molecular weight is 361 g/mol. The molecule has 0 spiro atoms. The van der Waals surface area contributed by atoms with Gasteiger partial charge in [-0.25, -0.2) is 4.79 Å². The summed E-state index contributed by atoms with van der Waals surface area (Å²) in [6, 6.07) is 7.54. The van der Waals surface area contributed by atoms with E-state index in [0.29, 0.717) is 6.42 Å². The number of hydrogen-bond donors (Lipinski definition) is 3. The van der Waals surface area contributed by atoms with Gasteiger partial charge in [-0.15, -0.1) is 0 Å². The molecule has 0 saturated carbocycles. The molecule has 1 heterocycles. The molecule has 7 heteroatoms. The molecule has 26 heavy (non-hydrogen) atoms. The Morgan fingerprint density at radius 1 is 1.27 bits per heavy atom. The van der Waals surface area contributed by atoms with Gasteiger partial charge < -0.3 is 25.0 Å². The molecule has 0 fully saturated rings. The van der Waals surface area contributed by atoms with Gasteiger partial charge in [0.2, 0.25) is 5.91 Å². The summed E-state index contributed by atoms with van der Waals surface area (Å²) in [6.45, 7) is 4.85. The van der Waals surface area contributed by atoms with Gasteiger partial charge in [0.1, 0.15) is 12.1 Å². The Kier molecular flexibility index (Phi) is 6.26. The van der Waals surface area contributed by atoms with Gasteiger partial charge in [0, 0.05) is 24.1 Å². The number of alkyl carbamates (subject to hydrolysis) is 1. The van der Waals surface area contributed by atoms with E-state index in [1.807, 2.05) is 42.1 Å². The molecule has 1 atom stereocenters. The second-order valence-corrected chi connectivity index (χ2v) is 7.29. The van der Waals surface area contributed by atoms with Gasteiger partial charge in [0.05, 0.1) is 12.6 Å². The van der Waals surface area contributed by atoms with Crippen molar-refractivity contribution in [3.63, 3.8) is 0 Å². The zero-order chi connectivity index (χ0) is 19.3. The van der Waals surface area contributed by atoms with Gasteiger partial charge in [0.15, 0.2) is 0 Å². The lowest BCUT2D eigenvalue weighted by molar-refractivity contribution is -0.121. The number of aromatic nitrogens is 1. The van der Waals surface area contributed by atoms with E-state index in [0.717, 1.165) is 16.5 Å². The summed E-state index contributed by atoms with van der Waals surface area (Å²) in [5.74, 6) is -0.379. The summed E-state index contributed by atoms with van der Waals surface area (Å²) in [4.78, 5) is 23.6. The molecule has 7 nitrogen and oxygen atoms in total. The summed E-state index contributed by atoms with van der Waals surface area (Å²) in [5.41, 5.74) is 1.52.